The summed E-state index contributed by atoms with van der Waals surface area (Å²) >= 11 is 0. The number of carbonyl (C=O) groups is 3. The van der Waals surface area contributed by atoms with E-state index in [0.717, 1.165) is 0 Å². The average Bonchev–Trinajstić information content (AvgIpc) is 2.62. The number of phenols is 1. The smallest absolute Gasteiger partial charge is 0.332 e. The molecule has 0 spiro atoms. The predicted octanol–water partition coefficient (Wildman–Crippen LogP) is 3.00. The first kappa shape index (κ1) is 21.1. The number of likely N-dealkylation sites (N-methyl/N-ethyl adjacent to an activating group) is 1. The number of hydrogen-bond donors (Lipinski definition) is 3. The number of aromatic hydroxyl groups is 1. The SMILES string of the molecule is CCC(C(=O)O)(C(=O)c1cccc(-c2ccc(NC(C)=O)cc2)c1O)N(C)C. The molecule has 0 heterocycles. The minimum Gasteiger partial charge on any atom is -0.507 e. The Morgan fingerprint density at radius 3 is 2.14 bits per heavy atom. The van der Waals surface area contributed by atoms with E-state index in [4.69, 9.17) is 0 Å². The number of nitrogens with zero attached hydrogens (tertiary/aromatic N) is 1. The largest absolute Gasteiger partial charge is 0.507 e. The monoisotopic (exact) mass is 384 g/mol. The molecule has 2 rings (SSSR count). The zero-order valence-electron chi connectivity index (χ0n) is 16.3. The number of amides is 1. The second-order valence-electron chi connectivity index (χ2n) is 6.70. The van der Waals surface area contributed by atoms with Crippen LogP contribution in [-0.4, -0.2) is 52.4 Å². The Hall–Kier alpha value is -3.19. The summed E-state index contributed by atoms with van der Waals surface area (Å²) in [6.45, 7) is 3.02. The van der Waals surface area contributed by atoms with Crippen molar-refractivity contribution in [1.29, 1.82) is 0 Å². The van der Waals surface area contributed by atoms with Gasteiger partial charge in [-0.1, -0.05) is 31.2 Å². The second-order valence-corrected chi connectivity index (χ2v) is 6.70. The molecule has 0 saturated carbocycles. The average molecular weight is 384 g/mol. The summed E-state index contributed by atoms with van der Waals surface area (Å²) in [5, 5.41) is 23.1. The van der Waals surface area contributed by atoms with Gasteiger partial charge in [0.1, 0.15) is 5.75 Å². The lowest BCUT2D eigenvalue weighted by molar-refractivity contribution is -0.146. The maximum atomic E-state index is 13.1. The summed E-state index contributed by atoms with van der Waals surface area (Å²) in [6, 6.07) is 11.4. The summed E-state index contributed by atoms with van der Waals surface area (Å²) in [4.78, 5) is 37.5. The van der Waals surface area contributed by atoms with Crippen LogP contribution in [0.5, 0.6) is 5.75 Å². The molecule has 0 aliphatic carbocycles. The van der Waals surface area contributed by atoms with Crippen LogP contribution in [0.15, 0.2) is 42.5 Å². The lowest BCUT2D eigenvalue weighted by Gasteiger charge is -2.33. The Labute approximate surface area is 163 Å². The van der Waals surface area contributed by atoms with Crippen LogP contribution in [0.2, 0.25) is 0 Å². The number of ketones is 1. The summed E-state index contributed by atoms with van der Waals surface area (Å²) in [7, 11) is 3.05. The van der Waals surface area contributed by atoms with E-state index in [9.17, 15) is 24.6 Å². The number of para-hydroxylation sites is 1. The van der Waals surface area contributed by atoms with Crippen molar-refractivity contribution >= 4 is 23.3 Å². The number of phenolic OH excluding ortho intramolecular Hbond substituents is 1. The fourth-order valence-corrected chi connectivity index (χ4v) is 3.24. The van der Waals surface area contributed by atoms with Crippen LogP contribution in [0.1, 0.15) is 30.6 Å². The number of Topliss-reactive ketones (excluding diaryl/α,β-unsaturated/α-hetero) is 1. The molecule has 0 aliphatic rings. The van der Waals surface area contributed by atoms with E-state index in [1.807, 2.05) is 0 Å². The number of benzene rings is 2. The number of carbonyl (C=O) groups excluding carboxylic acids is 2. The molecular weight excluding hydrogens is 360 g/mol. The molecule has 0 aliphatic heterocycles. The highest BCUT2D eigenvalue weighted by molar-refractivity contribution is 6.17. The summed E-state index contributed by atoms with van der Waals surface area (Å²) < 4.78 is 0. The Kier molecular flexibility index (Phi) is 6.20. The Balaban J connectivity index is 2.51. The molecule has 2 aromatic carbocycles. The van der Waals surface area contributed by atoms with Gasteiger partial charge in [0, 0.05) is 18.2 Å². The van der Waals surface area contributed by atoms with Crippen LogP contribution in [-0.2, 0) is 9.59 Å². The first-order valence-electron chi connectivity index (χ1n) is 8.80. The van der Waals surface area contributed by atoms with E-state index in [-0.39, 0.29) is 23.6 Å². The van der Waals surface area contributed by atoms with Gasteiger partial charge in [-0.3, -0.25) is 14.5 Å². The van der Waals surface area contributed by atoms with Crippen LogP contribution < -0.4 is 5.32 Å². The Morgan fingerprint density at radius 2 is 1.68 bits per heavy atom. The molecule has 0 radical (unpaired) electrons. The van der Waals surface area contributed by atoms with Crippen LogP contribution in [0.25, 0.3) is 11.1 Å². The molecule has 0 bridgehead atoms. The van der Waals surface area contributed by atoms with Crippen molar-refractivity contribution in [2.45, 2.75) is 25.8 Å². The third-order valence-electron chi connectivity index (χ3n) is 4.80. The molecule has 1 amide bonds. The van der Waals surface area contributed by atoms with Gasteiger partial charge >= 0.3 is 5.97 Å². The quantitative estimate of drug-likeness (QED) is 0.500. The van der Waals surface area contributed by atoms with Crippen molar-refractivity contribution in [3.8, 4) is 16.9 Å². The molecule has 148 valence electrons. The van der Waals surface area contributed by atoms with E-state index in [2.05, 4.69) is 5.32 Å². The zero-order valence-corrected chi connectivity index (χ0v) is 16.3. The van der Waals surface area contributed by atoms with E-state index in [1.54, 1.807) is 43.3 Å². The Bertz CT molecular complexity index is 906. The minimum absolute atomic E-state index is 0.0449. The fourth-order valence-electron chi connectivity index (χ4n) is 3.24. The molecular formula is C21H24N2O5. The van der Waals surface area contributed by atoms with Gasteiger partial charge in [-0.2, -0.15) is 0 Å². The molecule has 7 heteroatoms. The highest BCUT2D eigenvalue weighted by Gasteiger charge is 2.48. The van der Waals surface area contributed by atoms with Crippen molar-refractivity contribution in [3.63, 3.8) is 0 Å². The van der Waals surface area contributed by atoms with Crippen LogP contribution in [0, 0.1) is 0 Å². The molecule has 0 fully saturated rings. The van der Waals surface area contributed by atoms with Crippen molar-refractivity contribution < 1.29 is 24.6 Å². The van der Waals surface area contributed by atoms with Crippen molar-refractivity contribution in [2.75, 3.05) is 19.4 Å². The van der Waals surface area contributed by atoms with E-state index < -0.39 is 17.3 Å². The van der Waals surface area contributed by atoms with Gasteiger partial charge < -0.3 is 15.5 Å². The number of anilines is 1. The van der Waals surface area contributed by atoms with Gasteiger partial charge in [-0.05, 0) is 44.3 Å². The van der Waals surface area contributed by atoms with Crippen LogP contribution in [0.3, 0.4) is 0 Å². The number of nitrogens with one attached hydrogen (secondary N) is 1. The van der Waals surface area contributed by atoms with Gasteiger partial charge in [-0.25, -0.2) is 4.79 Å². The molecule has 0 aromatic heterocycles. The van der Waals surface area contributed by atoms with Gasteiger partial charge in [0.15, 0.2) is 11.3 Å². The predicted molar refractivity (Wildman–Crippen MR) is 107 cm³/mol. The number of carboxylic acids is 1. The third-order valence-corrected chi connectivity index (χ3v) is 4.80. The normalized spacial score (nSPS) is 13.0. The standard InChI is InChI=1S/C21H24N2O5/c1-5-21(20(27)28,23(3)4)19(26)17-8-6-7-16(18(17)25)14-9-11-15(12-10-14)22-13(2)24/h6-12,25H,5H2,1-4H3,(H,22,24)(H,27,28). The van der Waals surface area contributed by atoms with Crippen molar-refractivity contribution in [1.82, 2.24) is 4.90 Å². The first-order chi connectivity index (χ1) is 13.1. The Morgan fingerprint density at radius 1 is 1.07 bits per heavy atom. The zero-order chi connectivity index (χ0) is 21.1. The summed E-state index contributed by atoms with van der Waals surface area (Å²) in [6.07, 6.45) is 0.0449. The number of aliphatic carboxylic acids is 1. The lowest BCUT2D eigenvalue weighted by Crippen LogP contribution is -2.57. The van der Waals surface area contributed by atoms with Gasteiger partial charge in [0.05, 0.1) is 5.56 Å². The molecule has 2 aromatic rings. The molecule has 1 unspecified atom stereocenters. The highest BCUT2D eigenvalue weighted by Crippen LogP contribution is 2.36. The van der Waals surface area contributed by atoms with Gasteiger partial charge in [0.25, 0.3) is 0 Å². The summed E-state index contributed by atoms with van der Waals surface area (Å²) in [5.41, 5.74) is -0.198. The number of rotatable bonds is 7. The van der Waals surface area contributed by atoms with Crippen molar-refractivity contribution in [2.24, 2.45) is 0 Å². The topological polar surface area (TPSA) is 107 Å². The fraction of sp³-hybridized carbons (Fsp3) is 0.286. The maximum Gasteiger partial charge on any atom is 0.332 e. The highest BCUT2D eigenvalue weighted by atomic mass is 16.4. The third kappa shape index (κ3) is 3.75. The number of hydrogen-bond acceptors (Lipinski definition) is 5. The number of carboxylic acid groups (broad SMARTS) is 1. The van der Waals surface area contributed by atoms with E-state index in [1.165, 1.54) is 32.0 Å². The first-order valence-corrected chi connectivity index (χ1v) is 8.80. The molecule has 3 N–H and O–H groups in total. The van der Waals surface area contributed by atoms with Gasteiger partial charge in [-0.15, -0.1) is 0 Å². The van der Waals surface area contributed by atoms with Crippen molar-refractivity contribution in [3.05, 3.63) is 48.0 Å². The second kappa shape index (κ2) is 8.22. The molecule has 28 heavy (non-hydrogen) atoms. The summed E-state index contributed by atoms with van der Waals surface area (Å²) in [5.74, 6) is -2.42. The van der Waals surface area contributed by atoms with E-state index in [0.29, 0.717) is 16.8 Å². The molecule has 0 saturated heterocycles. The van der Waals surface area contributed by atoms with E-state index >= 15 is 0 Å². The minimum atomic E-state index is -1.77. The van der Waals surface area contributed by atoms with Crippen LogP contribution in [0.4, 0.5) is 5.69 Å². The lowest BCUT2D eigenvalue weighted by atomic mass is 9.84. The maximum absolute atomic E-state index is 13.1. The van der Waals surface area contributed by atoms with Crippen LogP contribution >= 0.6 is 0 Å². The molecule has 1 atom stereocenters. The van der Waals surface area contributed by atoms with Gasteiger partial charge in [0.2, 0.25) is 5.91 Å². The molecule has 7 nitrogen and oxygen atoms in total.